The predicted octanol–water partition coefficient (Wildman–Crippen LogP) is 3.56. The minimum Gasteiger partial charge on any atom is -0.262 e. The Morgan fingerprint density at radius 1 is 1.50 bits per heavy atom. The van der Waals surface area contributed by atoms with Gasteiger partial charge < -0.3 is 0 Å². The summed E-state index contributed by atoms with van der Waals surface area (Å²) in [5, 5.41) is 0. The molecule has 0 saturated carbocycles. The van der Waals surface area contributed by atoms with Gasteiger partial charge in [0.05, 0.1) is 0 Å². The van der Waals surface area contributed by atoms with Crippen molar-refractivity contribution in [2.45, 2.75) is 47.5 Å². The first kappa shape index (κ1) is 9.50. The van der Waals surface area contributed by atoms with Crippen molar-refractivity contribution < 1.29 is 0 Å². The highest BCUT2D eigenvalue weighted by Crippen LogP contribution is 2.36. The molecule has 0 saturated heterocycles. The van der Waals surface area contributed by atoms with Crippen LogP contribution in [-0.4, -0.2) is 5.71 Å². The van der Waals surface area contributed by atoms with Crippen LogP contribution in [-0.2, 0) is 0 Å². The predicted molar refractivity (Wildman–Crippen MR) is 54.5 cm³/mol. The first-order valence-electron chi connectivity index (χ1n) is 4.71. The summed E-state index contributed by atoms with van der Waals surface area (Å²) in [6.07, 6.45) is 2.25. The molecule has 1 heterocycles. The van der Waals surface area contributed by atoms with Gasteiger partial charge in [0.2, 0.25) is 0 Å². The highest BCUT2D eigenvalue weighted by atomic mass is 14.8. The van der Waals surface area contributed by atoms with Crippen LogP contribution in [0.25, 0.3) is 0 Å². The molecule has 1 rings (SSSR count). The summed E-state index contributed by atoms with van der Waals surface area (Å²) in [6.45, 7) is 11.0. The van der Waals surface area contributed by atoms with Crippen LogP contribution in [0.5, 0.6) is 0 Å². The van der Waals surface area contributed by atoms with Crippen molar-refractivity contribution in [2.24, 2.45) is 10.4 Å². The molecule has 1 aliphatic rings. The van der Waals surface area contributed by atoms with E-state index in [-0.39, 0.29) is 0 Å². The summed E-state index contributed by atoms with van der Waals surface area (Å²) in [6, 6.07) is 0. The molecule has 0 bridgehead atoms. The monoisotopic (exact) mass is 165 g/mol. The number of hydrogen-bond donors (Lipinski definition) is 0. The smallest absolute Gasteiger partial charge is 0.0401 e. The van der Waals surface area contributed by atoms with Crippen molar-refractivity contribution in [1.29, 1.82) is 0 Å². The molecule has 1 heteroatoms. The number of rotatable bonds is 1. The Morgan fingerprint density at radius 2 is 2.08 bits per heavy atom. The molecule has 0 fully saturated rings. The molecule has 0 aromatic rings. The Labute approximate surface area is 75.6 Å². The third-order valence-corrected chi connectivity index (χ3v) is 2.91. The lowest BCUT2D eigenvalue weighted by molar-refractivity contribution is 0.537. The van der Waals surface area contributed by atoms with Crippen LogP contribution in [0.15, 0.2) is 16.3 Å². The maximum Gasteiger partial charge on any atom is 0.0401 e. The highest BCUT2D eigenvalue weighted by Gasteiger charge is 2.29. The van der Waals surface area contributed by atoms with Crippen molar-refractivity contribution in [3.63, 3.8) is 0 Å². The zero-order chi connectivity index (χ0) is 9.35. The van der Waals surface area contributed by atoms with E-state index in [4.69, 9.17) is 0 Å². The van der Waals surface area contributed by atoms with Gasteiger partial charge in [-0.25, -0.2) is 0 Å². The van der Waals surface area contributed by atoms with Crippen LogP contribution in [0.4, 0.5) is 0 Å². The van der Waals surface area contributed by atoms with Gasteiger partial charge in [0.25, 0.3) is 0 Å². The lowest BCUT2D eigenvalue weighted by Gasteiger charge is -2.16. The number of hydrogen-bond acceptors (Lipinski definition) is 1. The van der Waals surface area contributed by atoms with Crippen LogP contribution in [0.3, 0.4) is 0 Å². The molecule has 0 radical (unpaired) electrons. The lowest BCUT2D eigenvalue weighted by Crippen LogP contribution is -2.15. The van der Waals surface area contributed by atoms with Crippen molar-refractivity contribution in [3.05, 3.63) is 11.3 Å². The molecule has 0 aromatic heterocycles. The second-order valence-electron chi connectivity index (χ2n) is 4.34. The van der Waals surface area contributed by atoms with E-state index in [1.54, 1.807) is 0 Å². The molecular weight excluding hydrogens is 146 g/mol. The first-order valence-corrected chi connectivity index (χ1v) is 4.71. The summed E-state index contributed by atoms with van der Waals surface area (Å²) in [7, 11) is 0. The van der Waals surface area contributed by atoms with E-state index < -0.39 is 0 Å². The van der Waals surface area contributed by atoms with Gasteiger partial charge in [0.15, 0.2) is 0 Å². The van der Waals surface area contributed by atoms with E-state index in [1.807, 2.05) is 0 Å². The van der Waals surface area contributed by atoms with Crippen LogP contribution in [0.2, 0.25) is 0 Å². The molecule has 0 N–H and O–H groups in total. The molecule has 1 nitrogen and oxygen atoms in total. The topological polar surface area (TPSA) is 12.4 Å². The molecule has 12 heavy (non-hydrogen) atoms. The average Bonchev–Trinajstić information content (AvgIpc) is 2.25. The molecule has 68 valence electrons. The lowest BCUT2D eigenvalue weighted by atomic mass is 9.86. The third kappa shape index (κ3) is 1.60. The van der Waals surface area contributed by atoms with Crippen molar-refractivity contribution in [3.8, 4) is 0 Å². The van der Waals surface area contributed by atoms with Gasteiger partial charge in [-0.15, -0.1) is 0 Å². The molecule has 0 aromatic carbocycles. The Balaban J connectivity index is 2.94. The summed E-state index contributed by atoms with van der Waals surface area (Å²) >= 11 is 0. The van der Waals surface area contributed by atoms with Crippen molar-refractivity contribution in [1.82, 2.24) is 0 Å². The fourth-order valence-corrected chi connectivity index (χ4v) is 1.39. The van der Waals surface area contributed by atoms with E-state index in [0.717, 1.165) is 12.8 Å². The molecule has 0 atom stereocenters. The standard InChI is InChI=1S/C11H19N/c1-6-8(2)10-7-11(4,5)9(3)12-10/h6-7H2,1-5H3/b10-8-. The maximum absolute atomic E-state index is 4.61. The van der Waals surface area contributed by atoms with Crippen LogP contribution in [0.1, 0.15) is 47.5 Å². The van der Waals surface area contributed by atoms with Gasteiger partial charge >= 0.3 is 0 Å². The molecular formula is C11H19N. The number of aliphatic imine (C=N–C) groups is 1. The van der Waals surface area contributed by atoms with Crippen molar-refractivity contribution in [2.75, 3.05) is 0 Å². The molecule has 0 spiro atoms. The number of allylic oxidation sites excluding steroid dienone is 2. The maximum atomic E-state index is 4.61. The second kappa shape index (κ2) is 3.04. The quantitative estimate of drug-likeness (QED) is 0.563. The van der Waals surface area contributed by atoms with Gasteiger partial charge in [-0.1, -0.05) is 26.3 Å². The summed E-state index contributed by atoms with van der Waals surface area (Å²) in [5.41, 5.74) is 4.34. The van der Waals surface area contributed by atoms with E-state index in [2.05, 4.69) is 39.6 Å². The van der Waals surface area contributed by atoms with E-state index in [0.29, 0.717) is 5.41 Å². The Morgan fingerprint density at radius 3 is 2.42 bits per heavy atom. The second-order valence-corrected chi connectivity index (χ2v) is 4.34. The molecule has 0 amide bonds. The van der Waals surface area contributed by atoms with Gasteiger partial charge in [0.1, 0.15) is 0 Å². The van der Waals surface area contributed by atoms with Gasteiger partial charge in [-0.05, 0) is 26.7 Å². The summed E-state index contributed by atoms with van der Waals surface area (Å²) in [4.78, 5) is 4.61. The van der Waals surface area contributed by atoms with Crippen molar-refractivity contribution >= 4 is 5.71 Å². The van der Waals surface area contributed by atoms with E-state index in [1.165, 1.54) is 17.0 Å². The number of nitrogens with zero attached hydrogens (tertiary/aromatic N) is 1. The average molecular weight is 165 g/mol. The molecule has 0 unspecified atom stereocenters. The van der Waals surface area contributed by atoms with E-state index in [9.17, 15) is 0 Å². The van der Waals surface area contributed by atoms with Gasteiger partial charge in [-0.3, -0.25) is 4.99 Å². The zero-order valence-corrected chi connectivity index (χ0v) is 8.86. The third-order valence-electron chi connectivity index (χ3n) is 2.91. The minimum absolute atomic E-state index is 0.297. The van der Waals surface area contributed by atoms with Crippen LogP contribution >= 0.6 is 0 Å². The Bertz CT molecular complexity index is 244. The summed E-state index contributed by atoms with van der Waals surface area (Å²) in [5.74, 6) is 0. The Hall–Kier alpha value is -0.590. The van der Waals surface area contributed by atoms with Gasteiger partial charge in [-0.2, -0.15) is 0 Å². The van der Waals surface area contributed by atoms with Gasteiger partial charge in [0, 0.05) is 16.8 Å². The zero-order valence-electron chi connectivity index (χ0n) is 8.86. The largest absolute Gasteiger partial charge is 0.262 e. The van der Waals surface area contributed by atoms with Crippen LogP contribution < -0.4 is 0 Å². The fraction of sp³-hybridized carbons (Fsp3) is 0.727. The first-order chi connectivity index (χ1) is 5.47. The molecule has 0 aliphatic carbocycles. The summed E-state index contributed by atoms with van der Waals surface area (Å²) < 4.78 is 0. The normalized spacial score (nSPS) is 25.6. The van der Waals surface area contributed by atoms with Crippen LogP contribution in [0, 0.1) is 5.41 Å². The SMILES string of the molecule is CC/C(C)=C1/CC(C)(C)C(C)=N1. The highest BCUT2D eigenvalue weighted by molar-refractivity contribution is 5.90. The fourth-order valence-electron chi connectivity index (χ4n) is 1.39. The molecule has 1 aliphatic heterocycles. The minimum atomic E-state index is 0.297. The van der Waals surface area contributed by atoms with E-state index >= 15 is 0 Å². The Kier molecular flexibility index (Phi) is 2.41.